The van der Waals surface area contributed by atoms with Gasteiger partial charge in [-0.2, -0.15) is 0 Å². The minimum Gasteiger partial charge on any atom is -0.396 e. The molecule has 1 fully saturated rings. The lowest BCUT2D eigenvalue weighted by Crippen LogP contribution is -2.47. The quantitative estimate of drug-likeness (QED) is 0.448. The monoisotopic (exact) mass is 326 g/mol. The second-order valence-corrected chi connectivity index (χ2v) is 8.34. The molecule has 0 heterocycles. The molecule has 2 heteroatoms. The normalized spacial score (nSPS) is 27.3. The van der Waals surface area contributed by atoms with Crippen molar-refractivity contribution in [2.75, 3.05) is 13.2 Å². The second kappa shape index (κ2) is 11.5. The molecule has 0 saturated heterocycles. The Bertz CT molecular complexity index is 288. The maximum atomic E-state index is 9.98. The van der Waals surface area contributed by atoms with Gasteiger partial charge in [0, 0.05) is 19.1 Å². The predicted molar refractivity (Wildman–Crippen MR) is 99.7 cm³/mol. The van der Waals surface area contributed by atoms with Crippen molar-refractivity contribution in [3.05, 3.63) is 0 Å². The maximum Gasteiger partial charge on any atom is 0.0678 e. The first-order chi connectivity index (χ1) is 11.1. The van der Waals surface area contributed by atoms with E-state index in [9.17, 15) is 5.11 Å². The van der Waals surface area contributed by atoms with Gasteiger partial charge in [-0.25, -0.2) is 0 Å². The number of aliphatic hydroxyl groups is 1. The predicted octanol–water partition coefficient (Wildman–Crippen LogP) is 5.97. The molecular weight excluding hydrogens is 284 g/mol. The van der Waals surface area contributed by atoms with Gasteiger partial charge in [0.25, 0.3) is 0 Å². The molecule has 1 rings (SSSR count). The summed E-state index contributed by atoms with van der Waals surface area (Å²) in [5.74, 6) is 0.996. The summed E-state index contributed by atoms with van der Waals surface area (Å²) < 4.78 is 6.19. The summed E-state index contributed by atoms with van der Waals surface area (Å²) in [7, 11) is 0. The van der Waals surface area contributed by atoms with Crippen molar-refractivity contribution in [3.63, 3.8) is 0 Å². The molecule has 0 amide bonds. The zero-order valence-corrected chi connectivity index (χ0v) is 16.3. The van der Waals surface area contributed by atoms with Crippen LogP contribution in [0.3, 0.4) is 0 Å². The summed E-state index contributed by atoms with van der Waals surface area (Å²) >= 11 is 0. The Kier molecular flexibility index (Phi) is 10.5. The zero-order valence-electron chi connectivity index (χ0n) is 16.3. The van der Waals surface area contributed by atoms with Crippen LogP contribution in [0.5, 0.6) is 0 Å². The van der Waals surface area contributed by atoms with Crippen LogP contribution in [-0.4, -0.2) is 24.4 Å². The summed E-state index contributed by atoms with van der Waals surface area (Å²) in [5.41, 5.74) is 0.208. The molecule has 0 radical (unpaired) electrons. The molecule has 0 aromatic carbocycles. The second-order valence-electron chi connectivity index (χ2n) is 8.34. The third kappa shape index (κ3) is 7.13. The van der Waals surface area contributed by atoms with Crippen LogP contribution in [0, 0.1) is 17.3 Å². The van der Waals surface area contributed by atoms with E-state index in [1.807, 2.05) is 0 Å². The Labute approximate surface area is 145 Å². The molecule has 138 valence electrons. The Balaban J connectivity index is 2.39. The van der Waals surface area contributed by atoms with Crippen LogP contribution in [0.25, 0.3) is 0 Å². The van der Waals surface area contributed by atoms with Gasteiger partial charge in [0.15, 0.2) is 0 Å². The van der Waals surface area contributed by atoms with Crippen molar-refractivity contribution >= 4 is 0 Å². The van der Waals surface area contributed by atoms with E-state index >= 15 is 0 Å². The summed E-state index contributed by atoms with van der Waals surface area (Å²) in [5, 5.41) is 9.98. The molecular formula is C21H42O2. The van der Waals surface area contributed by atoms with Gasteiger partial charge in [-0.1, -0.05) is 79.1 Å². The Hall–Kier alpha value is -0.0800. The van der Waals surface area contributed by atoms with E-state index in [-0.39, 0.29) is 11.5 Å². The standard InChI is InChI=1S/C21H42O2/c1-5-7-8-9-10-11-12-13-18-14-15-21(3,4)20(19(18)17-22)23-16-6-2/h18-20,22H,5-17H2,1-4H3/t18-,19+,20-/m1/s1. The zero-order chi connectivity index (χ0) is 17.1. The fourth-order valence-corrected chi connectivity index (χ4v) is 4.30. The molecule has 1 saturated carbocycles. The van der Waals surface area contributed by atoms with Crippen molar-refractivity contribution in [3.8, 4) is 0 Å². The lowest BCUT2D eigenvalue weighted by atomic mass is 9.64. The summed E-state index contributed by atoms with van der Waals surface area (Å²) in [6.07, 6.45) is 14.7. The highest BCUT2D eigenvalue weighted by atomic mass is 16.5. The number of rotatable bonds is 12. The minimum atomic E-state index is 0.208. The fourth-order valence-electron chi connectivity index (χ4n) is 4.30. The molecule has 1 aliphatic carbocycles. The van der Waals surface area contributed by atoms with E-state index < -0.39 is 0 Å². The van der Waals surface area contributed by atoms with Crippen molar-refractivity contribution < 1.29 is 9.84 Å². The van der Waals surface area contributed by atoms with Crippen LogP contribution in [-0.2, 0) is 4.74 Å². The third-order valence-corrected chi connectivity index (χ3v) is 5.81. The van der Waals surface area contributed by atoms with Crippen LogP contribution in [0.15, 0.2) is 0 Å². The number of hydrogen-bond acceptors (Lipinski definition) is 2. The van der Waals surface area contributed by atoms with Gasteiger partial charge < -0.3 is 9.84 Å². The third-order valence-electron chi connectivity index (χ3n) is 5.81. The van der Waals surface area contributed by atoms with Crippen molar-refractivity contribution in [1.82, 2.24) is 0 Å². The molecule has 1 aliphatic rings. The maximum absolute atomic E-state index is 9.98. The van der Waals surface area contributed by atoms with E-state index in [2.05, 4.69) is 27.7 Å². The average Bonchev–Trinajstić information content (AvgIpc) is 2.53. The molecule has 0 bridgehead atoms. The molecule has 3 atom stereocenters. The van der Waals surface area contributed by atoms with E-state index in [0.29, 0.717) is 18.4 Å². The topological polar surface area (TPSA) is 29.5 Å². The van der Waals surface area contributed by atoms with E-state index in [0.717, 1.165) is 13.0 Å². The lowest BCUT2D eigenvalue weighted by molar-refractivity contribution is -0.119. The molecule has 0 aromatic rings. The van der Waals surface area contributed by atoms with E-state index in [4.69, 9.17) is 4.74 Å². The highest BCUT2D eigenvalue weighted by Crippen LogP contribution is 2.45. The highest BCUT2D eigenvalue weighted by Gasteiger charge is 2.43. The summed E-state index contributed by atoms with van der Waals surface area (Å²) in [6.45, 7) is 10.2. The Morgan fingerprint density at radius 2 is 1.61 bits per heavy atom. The van der Waals surface area contributed by atoms with Gasteiger partial charge in [-0.3, -0.25) is 0 Å². The van der Waals surface area contributed by atoms with Crippen molar-refractivity contribution in [2.24, 2.45) is 17.3 Å². The molecule has 2 nitrogen and oxygen atoms in total. The first-order valence-corrected chi connectivity index (χ1v) is 10.3. The van der Waals surface area contributed by atoms with Crippen LogP contribution in [0.4, 0.5) is 0 Å². The SMILES string of the molecule is CCCCCCCCC[C@@H]1CCC(C)(C)[C@H](OCCC)[C@H]1CO. The smallest absolute Gasteiger partial charge is 0.0678 e. The first-order valence-electron chi connectivity index (χ1n) is 10.3. The van der Waals surface area contributed by atoms with Gasteiger partial charge >= 0.3 is 0 Å². The van der Waals surface area contributed by atoms with E-state index in [1.54, 1.807) is 0 Å². The van der Waals surface area contributed by atoms with Crippen molar-refractivity contribution in [1.29, 1.82) is 0 Å². The van der Waals surface area contributed by atoms with Crippen molar-refractivity contribution in [2.45, 2.75) is 104 Å². The lowest BCUT2D eigenvalue weighted by Gasteiger charge is -2.47. The summed E-state index contributed by atoms with van der Waals surface area (Å²) in [4.78, 5) is 0. The van der Waals surface area contributed by atoms with Crippen LogP contribution < -0.4 is 0 Å². The highest BCUT2D eigenvalue weighted by molar-refractivity contribution is 4.93. The van der Waals surface area contributed by atoms with Gasteiger partial charge in [-0.05, 0) is 30.6 Å². The summed E-state index contributed by atoms with van der Waals surface area (Å²) in [6, 6.07) is 0. The molecule has 0 spiro atoms. The molecule has 0 unspecified atom stereocenters. The Morgan fingerprint density at radius 1 is 0.957 bits per heavy atom. The number of aliphatic hydroxyl groups excluding tert-OH is 1. The van der Waals surface area contributed by atoms with Crippen LogP contribution in [0.2, 0.25) is 0 Å². The average molecular weight is 327 g/mol. The largest absolute Gasteiger partial charge is 0.396 e. The van der Waals surface area contributed by atoms with E-state index in [1.165, 1.54) is 64.2 Å². The van der Waals surface area contributed by atoms with Crippen LogP contribution in [0.1, 0.15) is 98.3 Å². The first kappa shape index (κ1) is 21.0. The van der Waals surface area contributed by atoms with Gasteiger partial charge in [0.2, 0.25) is 0 Å². The number of unbranched alkanes of at least 4 members (excludes halogenated alkanes) is 6. The molecule has 1 N–H and O–H groups in total. The molecule has 0 aromatic heterocycles. The van der Waals surface area contributed by atoms with Gasteiger partial charge in [-0.15, -0.1) is 0 Å². The number of ether oxygens (including phenoxy) is 1. The van der Waals surface area contributed by atoms with Crippen LogP contribution >= 0.6 is 0 Å². The molecule has 23 heavy (non-hydrogen) atoms. The van der Waals surface area contributed by atoms with Gasteiger partial charge in [0.1, 0.15) is 0 Å². The van der Waals surface area contributed by atoms with Gasteiger partial charge in [0.05, 0.1) is 6.10 Å². The number of hydrogen-bond donors (Lipinski definition) is 1. The minimum absolute atomic E-state index is 0.208. The fraction of sp³-hybridized carbons (Fsp3) is 1.00. The molecule has 0 aliphatic heterocycles. The Morgan fingerprint density at radius 3 is 2.22 bits per heavy atom.